The molecule has 0 aliphatic carbocycles. The lowest BCUT2D eigenvalue weighted by molar-refractivity contribution is 0.781. The minimum Gasteiger partial charge on any atom is -0.335 e. The molecule has 0 amide bonds. The second-order valence-electron chi connectivity index (χ2n) is 12.3. The predicted octanol–water partition coefficient (Wildman–Crippen LogP) is 10.2. The molecule has 0 unspecified atom stereocenters. The van der Waals surface area contributed by atoms with Crippen LogP contribution in [0.1, 0.15) is 25.0 Å². The Morgan fingerprint density at radius 1 is 0.500 bits per heavy atom. The molecule has 2 aromatic heterocycles. The lowest BCUT2D eigenvalue weighted by Gasteiger charge is -2.36. The second kappa shape index (κ2) is 9.60. The first-order valence-corrected chi connectivity index (χ1v) is 15.5. The van der Waals surface area contributed by atoms with Crippen molar-refractivity contribution in [1.82, 2.24) is 9.13 Å². The number of fused-ring (bicyclic) bond motifs is 8. The largest absolute Gasteiger partial charge is 0.335 e. The van der Waals surface area contributed by atoms with Crippen molar-refractivity contribution in [3.63, 3.8) is 0 Å². The fraction of sp³-hybridized carbons (Fsp3) is 0.0732. The number of aromatic nitrogens is 2. The van der Waals surface area contributed by atoms with Gasteiger partial charge in [0.1, 0.15) is 0 Å². The summed E-state index contributed by atoms with van der Waals surface area (Å²) in [5, 5.41) is 24.1. The fourth-order valence-electron chi connectivity index (χ4n) is 7.44. The van der Waals surface area contributed by atoms with Gasteiger partial charge in [0.25, 0.3) is 0 Å². The van der Waals surface area contributed by atoms with Crippen LogP contribution >= 0.6 is 0 Å². The molecule has 1 aliphatic heterocycles. The van der Waals surface area contributed by atoms with E-state index in [4.69, 9.17) is 0 Å². The molecular formula is C41H27N5. The van der Waals surface area contributed by atoms with Crippen molar-refractivity contribution in [3.05, 3.63) is 132 Å². The summed E-state index contributed by atoms with van der Waals surface area (Å²) in [5.74, 6) is 0. The summed E-state index contributed by atoms with van der Waals surface area (Å²) in [4.78, 5) is 2.39. The highest BCUT2D eigenvalue weighted by atomic mass is 15.2. The van der Waals surface area contributed by atoms with E-state index >= 15 is 0 Å². The molecule has 5 nitrogen and oxygen atoms in total. The number of rotatable bonds is 3. The van der Waals surface area contributed by atoms with Crippen LogP contribution in [-0.4, -0.2) is 15.2 Å². The van der Waals surface area contributed by atoms with E-state index in [2.05, 4.69) is 125 Å². The minimum absolute atomic E-state index is 0.170. The van der Waals surface area contributed by atoms with Crippen LogP contribution in [-0.2, 0) is 0 Å². The van der Waals surface area contributed by atoms with Crippen molar-refractivity contribution in [1.29, 1.82) is 10.5 Å². The first-order valence-electron chi connectivity index (χ1n) is 15.5. The Bertz CT molecular complexity index is 2620. The molecular weight excluding hydrogens is 562 g/mol. The standard InChI is InChI=1S/C41H27N5/c1-25(2)44-36-17-14-27(24-43)18-39(36)46-38-22-37-32(31-10-6-7-11-35(31)45(37)30-8-4-3-5-9-30)21-33(38)34-19-29(20-40(44)41(34)46)28-15-12-26(23-42)13-16-28/h3-22,25H,1-2H3. The van der Waals surface area contributed by atoms with Gasteiger partial charge in [-0.05, 0) is 97.8 Å². The molecule has 5 heteroatoms. The average molecular weight is 590 g/mol. The number of benzene rings is 6. The van der Waals surface area contributed by atoms with E-state index in [9.17, 15) is 10.5 Å². The Balaban J connectivity index is 1.48. The second-order valence-corrected chi connectivity index (χ2v) is 12.3. The number of nitrogens with zero attached hydrogens (tertiary/aromatic N) is 5. The highest BCUT2D eigenvalue weighted by Crippen LogP contribution is 2.50. The van der Waals surface area contributed by atoms with Crippen molar-refractivity contribution in [2.45, 2.75) is 19.9 Å². The zero-order chi connectivity index (χ0) is 31.1. The molecule has 216 valence electrons. The topological polar surface area (TPSA) is 60.7 Å². The third-order valence-corrected chi connectivity index (χ3v) is 9.38. The van der Waals surface area contributed by atoms with E-state index in [1.165, 1.54) is 10.8 Å². The van der Waals surface area contributed by atoms with Gasteiger partial charge in [-0.25, -0.2) is 0 Å². The molecule has 0 N–H and O–H groups in total. The van der Waals surface area contributed by atoms with Crippen LogP contribution in [0, 0.1) is 22.7 Å². The number of hydrogen-bond donors (Lipinski definition) is 0. The first-order chi connectivity index (χ1) is 22.6. The zero-order valence-electron chi connectivity index (χ0n) is 25.4. The van der Waals surface area contributed by atoms with Crippen molar-refractivity contribution in [2.24, 2.45) is 0 Å². The van der Waals surface area contributed by atoms with Gasteiger partial charge in [0, 0.05) is 33.3 Å². The molecule has 9 rings (SSSR count). The maximum absolute atomic E-state index is 9.96. The van der Waals surface area contributed by atoms with Gasteiger partial charge in [-0.1, -0.05) is 48.5 Å². The third kappa shape index (κ3) is 3.54. The number of anilines is 2. The first kappa shape index (κ1) is 26.1. The summed E-state index contributed by atoms with van der Waals surface area (Å²) >= 11 is 0. The van der Waals surface area contributed by atoms with Gasteiger partial charge in [-0.15, -0.1) is 0 Å². The molecule has 6 aromatic carbocycles. The van der Waals surface area contributed by atoms with Crippen molar-refractivity contribution in [3.8, 4) is 34.6 Å². The lowest BCUT2D eigenvalue weighted by Crippen LogP contribution is -2.29. The van der Waals surface area contributed by atoms with Crippen LogP contribution in [0.2, 0.25) is 0 Å². The van der Waals surface area contributed by atoms with Crippen molar-refractivity contribution >= 4 is 55.0 Å². The van der Waals surface area contributed by atoms with Gasteiger partial charge >= 0.3 is 0 Å². The summed E-state index contributed by atoms with van der Waals surface area (Å²) < 4.78 is 4.72. The molecule has 3 heterocycles. The van der Waals surface area contributed by atoms with Crippen molar-refractivity contribution in [2.75, 3.05) is 4.90 Å². The quantitative estimate of drug-likeness (QED) is 0.206. The smallest absolute Gasteiger partial charge is 0.0992 e. The summed E-state index contributed by atoms with van der Waals surface area (Å²) in [5.41, 5.74) is 12.3. The van der Waals surface area contributed by atoms with Gasteiger partial charge in [-0.2, -0.15) is 10.5 Å². The minimum atomic E-state index is 0.170. The molecule has 0 radical (unpaired) electrons. The van der Waals surface area contributed by atoms with Gasteiger partial charge in [-0.3, -0.25) is 0 Å². The van der Waals surface area contributed by atoms with E-state index < -0.39 is 0 Å². The van der Waals surface area contributed by atoms with E-state index in [0.717, 1.165) is 66.7 Å². The maximum Gasteiger partial charge on any atom is 0.0992 e. The van der Waals surface area contributed by atoms with Crippen LogP contribution in [0.4, 0.5) is 11.4 Å². The summed E-state index contributed by atoms with van der Waals surface area (Å²) in [6.45, 7) is 4.42. The monoisotopic (exact) mass is 589 g/mol. The van der Waals surface area contributed by atoms with Crippen LogP contribution in [0.15, 0.2) is 121 Å². The Labute approximate surface area is 266 Å². The zero-order valence-corrected chi connectivity index (χ0v) is 25.4. The Morgan fingerprint density at radius 3 is 1.96 bits per heavy atom. The van der Waals surface area contributed by atoms with Gasteiger partial charge in [0.2, 0.25) is 0 Å². The van der Waals surface area contributed by atoms with E-state index in [0.29, 0.717) is 11.1 Å². The van der Waals surface area contributed by atoms with Crippen LogP contribution < -0.4 is 4.90 Å². The molecule has 0 saturated carbocycles. The lowest BCUT2D eigenvalue weighted by atomic mass is 9.98. The summed E-state index contributed by atoms with van der Waals surface area (Å²) in [7, 11) is 0. The van der Waals surface area contributed by atoms with Crippen LogP contribution in [0.3, 0.4) is 0 Å². The molecule has 0 fully saturated rings. The van der Waals surface area contributed by atoms with Gasteiger partial charge in [0.05, 0.1) is 62.4 Å². The van der Waals surface area contributed by atoms with Crippen LogP contribution in [0.5, 0.6) is 0 Å². The molecule has 46 heavy (non-hydrogen) atoms. The predicted molar refractivity (Wildman–Crippen MR) is 187 cm³/mol. The van der Waals surface area contributed by atoms with Crippen molar-refractivity contribution < 1.29 is 0 Å². The third-order valence-electron chi connectivity index (χ3n) is 9.38. The Hall–Kier alpha value is -6.30. The summed E-state index contributed by atoms with van der Waals surface area (Å²) in [6, 6.07) is 47.1. The highest BCUT2D eigenvalue weighted by molar-refractivity contribution is 6.22. The van der Waals surface area contributed by atoms with E-state index in [1.807, 2.05) is 36.4 Å². The molecule has 1 aliphatic rings. The van der Waals surface area contributed by atoms with E-state index in [1.54, 1.807) is 0 Å². The van der Waals surface area contributed by atoms with Gasteiger partial charge in [0.15, 0.2) is 0 Å². The molecule has 0 atom stereocenters. The Kier molecular flexibility index (Phi) is 5.45. The van der Waals surface area contributed by atoms with Gasteiger partial charge < -0.3 is 14.0 Å². The molecule has 0 spiro atoms. The maximum atomic E-state index is 9.96. The van der Waals surface area contributed by atoms with E-state index in [-0.39, 0.29) is 6.04 Å². The Morgan fingerprint density at radius 2 is 1.20 bits per heavy atom. The average Bonchev–Trinajstić information content (AvgIpc) is 3.60. The SMILES string of the molecule is CC(C)N1c2ccc(C#N)cc2-n2c3cc4c(cc3c3cc(-c5ccc(C#N)cc5)cc1c32)c1ccccc1n4-c1ccccc1. The fourth-order valence-corrected chi connectivity index (χ4v) is 7.44. The normalized spacial score (nSPS) is 12.2. The molecule has 0 bridgehead atoms. The summed E-state index contributed by atoms with van der Waals surface area (Å²) in [6.07, 6.45) is 0. The molecule has 0 saturated heterocycles. The number of nitriles is 2. The molecule has 8 aromatic rings. The number of para-hydroxylation sites is 2. The van der Waals surface area contributed by atoms with Crippen LogP contribution in [0.25, 0.3) is 66.1 Å². The highest BCUT2D eigenvalue weighted by Gasteiger charge is 2.31. The number of hydrogen-bond acceptors (Lipinski definition) is 3.